The zero-order valence-electron chi connectivity index (χ0n) is 21.4. The number of nitrogens with zero attached hydrogens (tertiary/aromatic N) is 2. The van der Waals surface area contributed by atoms with Gasteiger partial charge in [0.15, 0.2) is 0 Å². The summed E-state index contributed by atoms with van der Waals surface area (Å²) in [4.78, 5) is 29.0. The second-order valence-electron chi connectivity index (χ2n) is 9.87. The van der Waals surface area contributed by atoms with Gasteiger partial charge in [-0.15, -0.1) is 0 Å². The van der Waals surface area contributed by atoms with Crippen molar-refractivity contribution in [1.82, 2.24) is 15.1 Å². The SMILES string of the molecule is BC1=C(C)N(Cc2c(F)cccc2F)C(=O)N(CC(Cc2ccccc2)NC(=O)OC(C)(C)C)C1=C. The third-order valence-corrected chi connectivity index (χ3v) is 5.99. The Hall–Kier alpha value is -3.62. The number of hydrogen-bond acceptors (Lipinski definition) is 3. The Labute approximate surface area is 212 Å². The molecule has 0 spiro atoms. The van der Waals surface area contributed by atoms with Crippen molar-refractivity contribution in [2.24, 2.45) is 0 Å². The van der Waals surface area contributed by atoms with Gasteiger partial charge in [0.2, 0.25) is 0 Å². The van der Waals surface area contributed by atoms with E-state index in [1.54, 1.807) is 35.5 Å². The normalized spacial score (nSPS) is 15.3. The third kappa shape index (κ3) is 6.53. The van der Waals surface area contributed by atoms with Crippen LogP contribution in [0.5, 0.6) is 0 Å². The Kier molecular flexibility index (Phi) is 8.22. The Morgan fingerprint density at radius 3 is 2.28 bits per heavy atom. The molecule has 0 fully saturated rings. The summed E-state index contributed by atoms with van der Waals surface area (Å²) in [6.07, 6.45) is -0.173. The van der Waals surface area contributed by atoms with E-state index in [0.717, 1.165) is 17.7 Å². The number of hydrogen-bond donors (Lipinski definition) is 1. The van der Waals surface area contributed by atoms with Gasteiger partial charge in [-0.25, -0.2) is 18.4 Å². The molecule has 36 heavy (non-hydrogen) atoms. The summed E-state index contributed by atoms with van der Waals surface area (Å²) in [5, 5.41) is 2.87. The van der Waals surface area contributed by atoms with Crippen molar-refractivity contribution < 1.29 is 23.1 Å². The molecular weight excluding hydrogens is 463 g/mol. The number of nitrogens with one attached hydrogen (secondary N) is 1. The number of amides is 3. The van der Waals surface area contributed by atoms with Crippen molar-refractivity contribution in [3.63, 3.8) is 0 Å². The van der Waals surface area contributed by atoms with Gasteiger partial charge in [-0.1, -0.05) is 43.0 Å². The van der Waals surface area contributed by atoms with Crippen LogP contribution < -0.4 is 5.32 Å². The molecule has 1 N–H and O–H groups in total. The highest BCUT2D eigenvalue weighted by Gasteiger charge is 2.34. The molecule has 0 radical (unpaired) electrons. The van der Waals surface area contributed by atoms with Crippen molar-refractivity contribution >= 4 is 20.0 Å². The largest absolute Gasteiger partial charge is 0.444 e. The number of urea groups is 1. The number of carbonyl (C=O) groups is 2. The molecule has 0 saturated carbocycles. The summed E-state index contributed by atoms with van der Waals surface area (Å²) in [6.45, 7) is 10.9. The molecule has 3 amide bonds. The maximum absolute atomic E-state index is 14.4. The van der Waals surface area contributed by atoms with Crippen LogP contribution in [-0.4, -0.2) is 48.0 Å². The number of rotatable bonds is 7. The summed E-state index contributed by atoms with van der Waals surface area (Å²) in [7, 11) is 1.80. The van der Waals surface area contributed by atoms with Gasteiger partial charge < -0.3 is 10.1 Å². The number of ether oxygens (including phenoxy) is 1. The minimum Gasteiger partial charge on any atom is -0.444 e. The predicted octanol–water partition coefficient (Wildman–Crippen LogP) is 4.72. The van der Waals surface area contributed by atoms with Crippen molar-refractivity contribution in [2.45, 2.75) is 52.3 Å². The first-order chi connectivity index (χ1) is 16.9. The van der Waals surface area contributed by atoms with Crippen molar-refractivity contribution in [2.75, 3.05) is 6.54 Å². The molecule has 2 aromatic carbocycles. The lowest BCUT2D eigenvalue weighted by Crippen LogP contribution is -2.52. The van der Waals surface area contributed by atoms with Crippen LogP contribution in [0, 0.1) is 11.6 Å². The first kappa shape index (κ1) is 27.0. The minimum atomic E-state index is -0.724. The van der Waals surface area contributed by atoms with Crippen LogP contribution in [0.3, 0.4) is 0 Å². The highest BCUT2D eigenvalue weighted by molar-refractivity contribution is 6.25. The van der Waals surface area contributed by atoms with Crippen molar-refractivity contribution in [3.05, 3.63) is 94.7 Å². The zero-order valence-corrected chi connectivity index (χ0v) is 21.4. The van der Waals surface area contributed by atoms with Gasteiger partial charge in [0.25, 0.3) is 0 Å². The molecule has 0 aromatic heterocycles. The van der Waals surface area contributed by atoms with Crippen molar-refractivity contribution in [3.8, 4) is 0 Å². The van der Waals surface area contributed by atoms with Gasteiger partial charge in [-0.3, -0.25) is 9.80 Å². The van der Waals surface area contributed by atoms with Gasteiger partial charge in [0.1, 0.15) is 25.1 Å². The van der Waals surface area contributed by atoms with Crippen LogP contribution in [-0.2, 0) is 17.7 Å². The Balaban J connectivity index is 1.89. The topological polar surface area (TPSA) is 61.9 Å². The lowest BCUT2D eigenvalue weighted by Gasteiger charge is -2.40. The Bertz CT molecular complexity index is 1160. The summed E-state index contributed by atoms with van der Waals surface area (Å²) in [6, 6.07) is 12.2. The number of alkyl carbamates (subject to hydrolysis) is 1. The van der Waals surface area contributed by atoms with Crippen LogP contribution in [0.4, 0.5) is 18.4 Å². The average Bonchev–Trinajstić information content (AvgIpc) is 2.79. The standard InChI is InChI=1S/C27H32BF2N3O3/c1-17-24(28)18(2)33(16-21-22(29)12-9-13-23(21)30)26(35)32(17)15-20(14-19-10-7-6-8-11-19)31-25(34)36-27(3,4)5/h6-13,20H,1,14-16,28H2,2-5H3,(H,31,34). The van der Waals surface area contributed by atoms with E-state index in [1.165, 1.54) is 15.9 Å². The quantitative estimate of drug-likeness (QED) is 0.566. The number of allylic oxidation sites excluding steroid dienone is 2. The molecule has 0 saturated heterocycles. The van der Waals surface area contributed by atoms with Gasteiger partial charge in [0.05, 0.1) is 12.6 Å². The molecule has 0 bridgehead atoms. The van der Waals surface area contributed by atoms with E-state index in [2.05, 4.69) is 11.9 Å². The van der Waals surface area contributed by atoms with E-state index in [9.17, 15) is 18.4 Å². The smallest absolute Gasteiger partial charge is 0.407 e. The minimum absolute atomic E-state index is 0.0900. The highest BCUT2D eigenvalue weighted by atomic mass is 19.1. The molecule has 6 nitrogen and oxygen atoms in total. The first-order valence-corrected chi connectivity index (χ1v) is 11.8. The second-order valence-corrected chi connectivity index (χ2v) is 9.87. The Morgan fingerprint density at radius 2 is 1.69 bits per heavy atom. The molecule has 1 aliphatic heterocycles. The maximum Gasteiger partial charge on any atom is 0.407 e. The third-order valence-electron chi connectivity index (χ3n) is 5.99. The van der Waals surface area contributed by atoms with Gasteiger partial charge in [0, 0.05) is 23.5 Å². The molecule has 3 rings (SSSR count). The monoisotopic (exact) mass is 495 g/mol. The maximum atomic E-state index is 14.4. The summed E-state index contributed by atoms with van der Waals surface area (Å²) in [5.41, 5.74) is 1.81. The lowest BCUT2D eigenvalue weighted by molar-refractivity contribution is 0.0495. The van der Waals surface area contributed by atoms with Crippen LogP contribution in [0.25, 0.3) is 0 Å². The fourth-order valence-electron chi connectivity index (χ4n) is 3.99. The molecule has 1 heterocycles. The van der Waals surface area contributed by atoms with Gasteiger partial charge >= 0.3 is 12.1 Å². The average molecular weight is 495 g/mol. The second kappa shape index (κ2) is 11.0. The fourth-order valence-corrected chi connectivity index (χ4v) is 3.99. The zero-order chi connectivity index (χ0) is 26.6. The van der Waals surface area contributed by atoms with Crippen LogP contribution in [0.1, 0.15) is 38.8 Å². The van der Waals surface area contributed by atoms with Gasteiger partial charge in [-0.05, 0) is 57.3 Å². The molecule has 0 aliphatic carbocycles. The molecule has 2 aromatic rings. The van der Waals surface area contributed by atoms with E-state index in [4.69, 9.17) is 4.74 Å². The van der Waals surface area contributed by atoms with E-state index in [-0.39, 0.29) is 18.7 Å². The Morgan fingerprint density at radius 1 is 1.08 bits per heavy atom. The predicted molar refractivity (Wildman–Crippen MR) is 138 cm³/mol. The lowest BCUT2D eigenvalue weighted by atomic mass is 9.87. The van der Waals surface area contributed by atoms with E-state index in [1.807, 2.05) is 30.3 Å². The van der Waals surface area contributed by atoms with E-state index in [0.29, 0.717) is 23.3 Å². The molecule has 1 atom stereocenters. The first-order valence-electron chi connectivity index (χ1n) is 11.8. The molecular formula is C27H32BF2N3O3. The molecule has 9 heteroatoms. The number of halogens is 2. The molecule has 1 unspecified atom stereocenters. The van der Waals surface area contributed by atoms with Crippen LogP contribution in [0.15, 0.2) is 72.0 Å². The fraction of sp³-hybridized carbons (Fsp3) is 0.333. The van der Waals surface area contributed by atoms with Crippen molar-refractivity contribution in [1.29, 1.82) is 0 Å². The molecule has 1 aliphatic rings. The van der Waals surface area contributed by atoms with Crippen LogP contribution >= 0.6 is 0 Å². The number of carbonyl (C=O) groups excluding carboxylic acids is 2. The highest BCUT2D eigenvalue weighted by Crippen LogP contribution is 2.29. The number of benzene rings is 2. The van der Waals surface area contributed by atoms with E-state index >= 15 is 0 Å². The summed E-state index contributed by atoms with van der Waals surface area (Å²) < 4.78 is 34.2. The molecule has 190 valence electrons. The van der Waals surface area contributed by atoms with E-state index < -0.39 is 35.4 Å². The van der Waals surface area contributed by atoms with Gasteiger partial charge in [-0.2, -0.15) is 0 Å². The summed E-state index contributed by atoms with van der Waals surface area (Å²) >= 11 is 0. The summed E-state index contributed by atoms with van der Waals surface area (Å²) in [5.74, 6) is -1.45. The van der Waals surface area contributed by atoms with Crippen LogP contribution in [0.2, 0.25) is 0 Å².